The van der Waals surface area contributed by atoms with Crippen molar-refractivity contribution >= 4 is 27.7 Å². The van der Waals surface area contributed by atoms with Crippen LogP contribution in [0.15, 0.2) is 30.3 Å². The zero-order chi connectivity index (χ0) is 17.0. The smallest absolute Gasteiger partial charge is 0.246 e. The fourth-order valence-electron chi connectivity index (χ4n) is 2.51. The Balaban J connectivity index is 1.98. The summed E-state index contributed by atoms with van der Waals surface area (Å²) >= 11 is 0. The molecular weight excluding hydrogens is 316 g/mol. The van der Waals surface area contributed by atoms with Crippen molar-refractivity contribution < 1.29 is 17.9 Å². The van der Waals surface area contributed by atoms with Crippen LogP contribution in [0, 0.1) is 0 Å². The Hall–Kier alpha value is -1.86. The topological polar surface area (TPSA) is 75.7 Å². The molecule has 2 rings (SSSR count). The molecule has 0 aromatic heterocycles. The number of morpholine rings is 1. The number of sulfonamides is 1. The van der Waals surface area contributed by atoms with Gasteiger partial charge in [-0.2, -0.15) is 0 Å². The van der Waals surface area contributed by atoms with E-state index in [1.54, 1.807) is 35.2 Å². The van der Waals surface area contributed by atoms with Crippen LogP contribution < -0.4 is 4.72 Å². The van der Waals surface area contributed by atoms with Crippen LogP contribution in [-0.4, -0.2) is 50.8 Å². The van der Waals surface area contributed by atoms with Crippen LogP contribution in [0.1, 0.15) is 19.4 Å². The summed E-state index contributed by atoms with van der Waals surface area (Å²) in [5, 5.41) is 0. The van der Waals surface area contributed by atoms with E-state index in [0.717, 1.165) is 11.8 Å². The Labute approximate surface area is 137 Å². The van der Waals surface area contributed by atoms with Gasteiger partial charge in [0.1, 0.15) is 0 Å². The summed E-state index contributed by atoms with van der Waals surface area (Å²) in [6, 6.07) is 6.82. The molecule has 0 bridgehead atoms. The molecule has 0 spiro atoms. The first kappa shape index (κ1) is 17.5. The SMILES string of the molecule is CC1CN(C(=O)/C=C/c2ccc(NS(C)(=O)=O)cc2)CC(C)O1. The second-order valence-corrected chi connectivity index (χ2v) is 7.58. The quantitative estimate of drug-likeness (QED) is 0.848. The number of rotatable bonds is 4. The third kappa shape index (κ3) is 5.69. The molecule has 0 radical (unpaired) electrons. The van der Waals surface area contributed by atoms with Gasteiger partial charge in [-0.1, -0.05) is 12.1 Å². The molecule has 0 saturated carbocycles. The van der Waals surface area contributed by atoms with Gasteiger partial charge in [0, 0.05) is 24.9 Å². The third-order valence-corrected chi connectivity index (χ3v) is 3.97. The third-order valence-electron chi connectivity index (χ3n) is 3.36. The fraction of sp³-hybridized carbons (Fsp3) is 0.438. The fourth-order valence-corrected chi connectivity index (χ4v) is 3.07. The largest absolute Gasteiger partial charge is 0.372 e. The number of hydrogen-bond acceptors (Lipinski definition) is 4. The summed E-state index contributed by atoms with van der Waals surface area (Å²) in [5.74, 6) is -0.0506. The summed E-state index contributed by atoms with van der Waals surface area (Å²) in [5.41, 5.74) is 1.32. The number of anilines is 1. The summed E-state index contributed by atoms with van der Waals surface area (Å²) in [7, 11) is -3.28. The highest BCUT2D eigenvalue weighted by Crippen LogP contribution is 2.14. The predicted octanol–water partition coefficient (Wildman–Crippen LogP) is 1.71. The van der Waals surface area contributed by atoms with E-state index >= 15 is 0 Å². The number of amides is 1. The van der Waals surface area contributed by atoms with Crippen molar-refractivity contribution in [1.29, 1.82) is 0 Å². The lowest BCUT2D eigenvalue weighted by atomic mass is 10.2. The van der Waals surface area contributed by atoms with Crippen LogP contribution in [0.3, 0.4) is 0 Å². The van der Waals surface area contributed by atoms with Crippen molar-refractivity contribution in [1.82, 2.24) is 4.90 Å². The van der Waals surface area contributed by atoms with Crippen LogP contribution in [0.25, 0.3) is 6.08 Å². The van der Waals surface area contributed by atoms with Gasteiger partial charge in [0.15, 0.2) is 0 Å². The molecule has 7 heteroatoms. The molecule has 1 aliphatic heterocycles. The molecule has 126 valence electrons. The van der Waals surface area contributed by atoms with Gasteiger partial charge in [0.2, 0.25) is 15.9 Å². The number of carbonyl (C=O) groups is 1. The molecule has 1 N–H and O–H groups in total. The number of ether oxygens (including phenoxy) is 1. The van der Waals surface area contributed by atoms with Crippen LogP contribution in [0.4, 0.5) is 5.69 Å². The van der Waals surface area contributed by atoms with E-state index in [2.05, 4.69) is 4.72 Å². The van der Waals surface area contributed by atoms with E-state index in [0.29, 0.717) is 18.8 Å². The van der Waals surface area contributed by atoms with Gasteiger partial charge in [-0.25, -0.2) is 8.42 Å². The van der Waals surface area contributed by atoms with Crippen LogP contribution in [0.2, 0.25) is 0 Å². The Kier molecular flexibility index (Phi) is 5.43. The minimum atomic E-state index is -3.28. The van der Waals surface area contributed by atoms with Gasteiger partial charge in [-0.3, -0.25) is 9.52 Å². The lowest BCUT2D eigenvalue weighted by Gasteiger charge is -2.34. The number of hydrogen-bond donors (Lipinski definition) is 1. The normalized spacial score (nSPS) is 22.3. The maximum atomic E-state index is 12.2. The van der Waals surface area contributed by atoms with Gasteiger partial charge in [-0.15, -0.1) is 0 Å². The Morgan fingerprint density at radius 3 is 2.30 bits per heavy atom. The predicted molar refractivity (Wildman–Crippen MR) is 90.5 cm³/mol. The van der Waals surface area contributed by atoms with E-state index in [-0.39, 0.29) is 18.1 Å². The van der Waals surface area contributed by atoms with E-state index in [1.807, 2.05) is 13.8 Å². The maximum Gasteiger partial charge on any atom is 0.246 e. The highest BCUT2D eigenvalue weighted by atomic mass is 32.2. The molecule has 1 amide bonds. The van der Waals surface area contributed by atoms with Crippen LogP contribution in [0.5, 0.6) is 0 Å². The Morgan fingerprint density at radius 1 is 1.22 bits per heavy atom. The summed E-state index contributed by atoms with van der Waals surface area (Å²) in [6.45, 7) is 5.08. The highest BCUT2D eigenvalue weighted by molar-refractivity contribution is 7.92. The molecule has 1 fully saturated rings. The molecular formula is C16H22N2O4S. The molecule has 2 atom stereocenters. The summed E-state index contributed by atoms with van der Waals surface area (Å²) < 4.78 is 30.3. The average molecular weight is 338 g/mol. The van der Waals surface area contributed by atoms with Crippen molar-refractivity contribution in [3.8, 4) is 0 Å². The molecule has 1 saturated heterocycles. The van der Waals surface area contributed by atoms with Crippen molar-refractivity contribution in [3.05, 3.63) is 35.9 Å². The zero-order valence-electron chi connectivity index (χ0n) is 13.5. The second-order valence-electron chi connectivity index (χ2n) is 5.83. The minimum Gasteiger partial charge on any atom is -0.372 e. The highest BCUT2D eigenvalue weighted by Gasteiger charge is 2.24. The first-order chi connectivity index (χ1) is 10.7. The number of nitrogens with one attached hydrogen (secondary N) is 1. The molecule has 1 aromatic rings. The van der Waals surface area contributed by atoms with Gasteiger partial charge >= 0.3 is 0 Å². The molecule has 6 nitrogen and oxygen atoms in total. The van der Waals surface area contributed by atoms with Crippen molar-refractivity contribution in [2.45, 2.75) is 26.1 Å². The summed E-state index contributed by atoms with van der Waals surface area (Å²) in [6.07, 6.45) is 4.43. The first-order valence-electron chi connectivity index (χ1n) is 7.43. The molecule has 1 aliphatic rings. The number of carbonyl (C=O) groups excluding carboxylic acids is 1. The van der Waals surface area contributed by atoms with Crippen LogP contribution in [-0.2, 0) is 19.6 Å². The second kappa shape index (κ2) is 7.14. The minimum absolute atomic E-state index is 0.0393. The monoisotopic (exact) mass is 338 g/mol. The van der Waals surface area contributed by atoms with Gasteiger partial charge in [0.05, 0.1) is 18.5 Å². The van der Waals surface area contributed by atoms with Gasteiger partial charge in [0.25, 0.3) is 0 Å². The lowest BCUT2D eigenvalue weighted by molar-refractivity contribution is -0.137. The van der Waals surface area contributed by atoms with Crippen molar-refractivity contribution in [2.75, 3.05) is 24.1 Å². The van der Waals surface area contributed by atoms with E-state index in [4.69, 9.17) is 4.74 Å². The number of benzene rings is 1. The average Bonchev–Trinajstić information content (AvgIpc) is 2.43. The molecule has 1 heterocycles. The van der Waals surface area contributed by atoms with E-state index < -0.39 is 10.0 Å². The van der Waals surface area contributed by atoms with Gasteiger partial charge < -0.3 is 9.64 Å². The van der Waals surface area contributed by atoms with Crippen molar-refractivity contribution in [3.63, 3.8) is 0 Å². The number of nitrogens with zero attached hydrogens (tertiary/aromatic N) is 1. The molecule has 0 aliphatic carbocycles. The Bertz CT molecular complexity index is 673. The maximum absolute atomic E-state index is 12.2. The lowest BCUT2D eigenvalue weighted by Crippen LogP contribution is -2.47. The first-order valence-corrected chi connectivity index (χ1v) is 9.32. The Morgan fingerprint density at radius 2 is 1.78 bits per heavy atom. The zero-order valence-corrected chi connectivity index (χ0v) is 14.3. The molecule has 2 unspecified atom stereocenters. The van der Waals surface area contributed by atoms with Crippen LogP contribution >= 0.6 is 0 Å². The van der Waals surface area contributed by atoms with Gasteiger partial charge in [-0.05, 0) is 37.6 Å². The van der Waals surface area contributed by atoms with E-state index in [1.165, 1.54) is 6.08 Å². The van der Waals surface area contributed by atoms with E-state index in [9.17, 15) is 13.2 Å². The molecule has 23 heavy (non-hydrogen) atoms. The molecule has 1 aromatic carbocycles. The van der Waals surface area contributed by atoms with Crippen molar-refractivity contribution in [2.24, 2.45) is 0 Å². The standard InChI is InChI=1S/C16H22N2O4S/c1-12-10-18(11-13(2)22-12)16(19)9-6-14-4-7-15(8-5-14)17-23(3,20)21/h4-9,12-13,17H,10-11H2,1-3H3/b9-6+. The summed E-state index contributed by atoms with van der Waals surface area (Å²) in [4.78, 5) is 14.0.